The van der Waals surface area contributed by atoms with Crippen molar-refractivity contribution in [1.29, 1.82) is 0 Å². The van der Waals surface area contributed by atoms with Gasteiger partial charge in [-0.15, -0.1) is 11.3 Å². The molecule has 0 aliphatic carbocycles. The first-order chi connectivity index (χ1) is 16.1. The van der Waals surface area contributed by atoms with Crippen molar-refractivity contribution in [2.75, 3.05) is 20.0 Å². The van der Waals surface area contributed by atoms with Crippen LogP contribution in [0.2, 0.25) is 0 Å². The molecule has 0 spiro atoms. The van der Waals surface area contributed by atoms with Gasteiger partial charge < -0.3 is 19.6 Å². The van der Waals surface area contributed by atoms with Crippen molar-refractivity contribution in [2.45, 2.75) is 0 Å². The number of nitrogen functional groups attached to an aromatic ring is 1. The lowest BCUT2D eigenvalue weighted by Gasteiger charge is -2.08. The fourth-order valence-electron chi connectivity index (χ4n) is 3.94. The molecule has 0 bridgehead atoms. The number of hydrogen-bond donors (Lipinski definition) is 1. The van der Waals surface area contributed by atoms with Crippen molar-refractivity contribution < 1.29 is 14.3 Å². The molecule has 5 aromatic rings. The molecule has 6 nitrogen and oxygen atoms in total. The second-order valence-corrected chi connectivity index (χ2v) is 8.25. The zero-order valence-electron chi connectivity index (χ0n) is 18.1. The number of carbonyl (C=O) groups is 1. The lowest BCUT2D eigenvalue weighted by atomic mass is 10.1. The summed E-state index contributed by atoms with van der Waals surface area (Å²) in [4.78, 5) is 18.2. The molecule has 0 atom stereocenters. The van der Waals surface area contributed by atoms with Crippen LogP contribution in [0.15, 0.2) is 78.3 Å². The largest absolute Gasteiger partial charge is 0.497 e. The fraction of sp³-hybridized carbons (Fsp3) is 0.0769. The molecule has 2 aromatic carbocycles. The number of pyridine rings is 1. The maximum atomic E-state index is 13.4. The van der Waals surface area contributed by atoms with Crippen LogP contribution in [-0.4, -0.2) is 29.4 Å². The summed E-state index contributed by atoms with van der Waals surface area (Å²) in [6, 6.07) is 20.5. The van der Waals surface area contributed by atoms with Crippen LogP contribution in [-0.2, 0) is 0 Å². The number of fused-ring (bicyclic) bond motifs is 1. The van der Waals surface area contributed by atoms with E-state index in [1.807, 2.05) is 70.6 Å². The lowest BCUT2D eigenvalue weighted by molar-refractivity contribution is 0.103. The average molecular weight is 456 g/mol. The molecule has 164 valence electrons. The van der Waals surface area contributed by atoms with E-state index in [1.54, 1.807) is 26.4 Å². The van der Waals surface area contributed by atoms with Crippen molar-refractivity contribution in [2.24, 2.45) is 0 Å². The molecule has 0 aliphatic rings. The highest BCUT2D eigenvalue weighted by Gasteiger charge is 2.25. The molecule has 2 N–H and O–H groups in total. The summed E-state index contributed by atoms with van der Waals surface area (Å²) in [5.74, 6) is 1.28. The van der Waals surface area contributed by atoms with Gasteiger partial charge in [0.05, 0.1) is 36.7 Å². The number of nitrogens with two attached hydrogens (primary N) is 1. The van der Waals surface area contributed by atoms with Crippen molar-refractivity contribution in [3.63, 3.8) is 0 Å². The van der Waals surface area contributed by atoms with Crippen LogP contribution < -0.4 is 15.2 Å². The predicted octanol–water partition coefficient (Wildman–Crippen LogP) is 5.56. The highest BCUT2D eigenvalue weighted by atomic mass is 32.1. The molecule has 7 heteroatoms. The number of anilines is 1. The van der Waals surface area contributed by atoms with E-state index in [0.29, 0.717) is 28.4 Å². The number of thiazole rings is 1. The van der Waals surface area contributed by atoms with Crippen LogP contribution in [0, 0.1) is 0 Å². The second kappa shape index (κ2) is 8.44. The summed E-state index contributed by atoms with van der Waals surface area (Å²) in [6.07, 6.45) is 1.85. The quantitative estimate of drug-likeness (QED) is 0.339. The topological polar surface area (TPSA) is 78.9 Å². The third-order valence-corrected chi connectivity index (χ3v) is 6.39. The Kier molecular flexibility index (Phi) is 5.32. The van der Waals surface area contributed by atoms with Gasteiger partial charge in [-0.2, -0.15) is 0 Å². The van der Waals surface area contributed by atoms with E-state index in [1.165, 1.54) is 11.3 Å². The molecule has 0 unspecified atom stereocenters. The summed E-state index contributed by atoms with van der Waals surface area (Å²) < 4.78 is 12.7. The summed E-state index contributed by atoms with van der Waals surface area (Å²) in [5.41, 5.74) is 11.2. The molecular weight excluding hydrogens is 434 g/mol. The van der Waals surface area contributed by atoms with Crippen LogP contribution >= 0.6 is 11.3 Å². The summed E-state index contributed by atoms with van der Waals surface area (Å²) in [5, 5.41) is 2.68. The number of nitrogens with zero attached hydrogens (tertiary/aromatic N) is 2. The van der Waals surface area contributed by atoms with Gasteiger partial charge in [-0.1, -0.05) is 36.4 Å². The summed E-state index contributed by atoms with van der Waals surface area (Å²) in [7, 11) is 3.25. The maximum Gasteiger partial charge on any atom is 0.211 e. The second-order valence-electron chi connectivity index (χ2n) is 7.39. The molecular formula is C26H21N3O3S. The minimum atomic E-state index is -0.133. The minimum absolute atomic E-state index is 0.133. The first-order valence-electron chi connectivity index (χ1n) is 10.3. The van der Waals surface area contributed by atoms with Crippen LogP contribution in [0.4, 0.5) is 5.69 Å². The SMILES string of the molecule is COc1ccc(OC)c(-c2csc(-c3c(N)c(C(=O)c4ccccc4)n4ccccc34)n2)c1. The molecule has 0 fully saturated rings. The van der Waals surface area contributed by atoms with E-state index in [4.69, 9.17) is 20.2 Å². The Morgan fingerprint density at radius 3 is 2.55 bits per heavy atom. The third kappa shape index (κ3) is 3.52. The zero-order chi connectivity index (χ0) is 22.9. The smallest absolute Gasteiger partial charge is 0.211 e. The molecule has 5 rings (SSSR count). The molecule has 33 heavy (non-hydrogen) atoms. The number of ether oxygens (including phenoxy) is 2. The fourth-order valence-corrected chi connectivity index (χ4v) is 4.82. The monoisotopic (exact) mass is 455 g/mol. The predicted molar refractivity (Wildman–Crippen MR) is 131 cm³/mol. The van der Waals surface area contributed by atoms with Gasteiger partial charge in [0, 0.05) is 22.7 Å². The van der Waals surface area contributed by atoms with E-state index in [9.17, 15) is 4.79 Å². The van der Waals surface area contributed by atoms with Gasteiger partial charge in [0.15, 0.2) is 0 Å². The van der Waals surface area contributed by atoms with E-state index in [2.05, 4.69) is 0 Å². The van der Waals surface area contributed by atoms with Crippen molar-refractivity contribution in [3.8, 4) is 33.3 Å². The number of carbonyl (C=O) groups excluding carboxylic acids is 1. The molecule has 0 radical (unpaired) electrons. The van der Waals surface area contributed by atoms with Gasteiger partial charge in [-0.25, -0.2) is 4.98 Å². The number of ketones is 1. The van der Waals surface area contributed by atoms with Crippen LogP contribution in [0.25, 0.3) is 27.3 Å². The Bertz CT molecular complexity index is 1470. The summed E-state index contributed by atoms with van der Waals surface area (Å²) in [6.45, 7) is 0. The van der Waals surface area contributed by atoms with Crippen LogP contribution in [0.5, 0.6) is 11.5 Å². The van der Waals surface area contributed by atoms with Gasteiger partial charge in [-0.05, 0) is 30.3 Å². The highest BCUT2D eigenvalue weighted by molar-refractivity contribution is 7.13. The Morgan fingerprint density at radius 2 is 1.79 bits per heavy atom. The Hall–Kier alpha value is -4.10. The van der Waals surface area contributed by atoms with Crippen LogP contribution in [0.3, 0.4) is 0 Å². The van der Waals surface area contributed by atoms with Gasteiger partial charge in [-0.3, -0.25) is 4.79 Å². The number of methoxy groups -OCH3 is 2. The first kappa shape index (κ1) is 20.8. The minimum Gasteiger partial charge on any atom is -0.497 e. The Morgan fingerprint density at radius 1 is 1.00 bits per heavy atom. The van der Waals surface area contributed by atoms with Gasteiger partial charge in [0.25, 0.3) is 0 Å². The summed E-state index contributed by atoms with van der Waals surface area (Å²) >= 11 is 1.47. The van der Waals surface area contributed by atoms with E-state index < -0.39 is 0 Å². The van der Waals surface area contributed by atoms with E-state index in [-0.39, 0.29) is 5.78 Å². The molecule has 0 amide bonds. The standard InChI is InChI=1S/C26H21N3O3S/c1-31-17-11-12-21(32-2)18(14-17)19-15-33-26(28-19)22-20-10-6-7-13-29(20)24(23(22)27)25(30)16-8-4-3-5-9-16/h3-15H,27H2,1-2H3. The normalized spacial score (nSPS) is 11.0. The Labute approximate surface area is 194 Å². The first-order valence-corrected chi connectivity index (χ1v) is 11.2. The molecule has 0 saturated heterocycles. The zero-order valence-corrected chi connectivity index (χ0v) is 18.9. The number of hydrogen-bond acceptors (Lipinski definition) is 6. The Balaban J connectivity index is 1.67. The van der Waals surface area contributed by atoms with E-state index in [0.717, 1.165) is 27.3 Å². The molecule has 3 aromatic heterocycles. The third-order valence-electron chi connectivity index (χ3n) is 5.53. The molecule has 0 saturated carbocycles. The van der Waals surface area contributed by atoms with Crippen LogP contribution in [0.1, 0.15) is 16.1 Å². The molecule has 3 heterocycles. The van der Waals surface area contributed by atoms with Crippen molar-refractivity contribution in [3.05, 3.63) is 89.6 Å². The van der Waals surface area contributed by atoms with E-state index >= 15 is 0 Å². The van der Waals surface area contributed by atoms with Crippen molar-refractivity contribution >= 4 is 28.3 Å². The number of rotatable bonds is 6. The highest BCUT2D eigenvalue weighted by Crippen LogP contribution is 2.41. The maximum absolute atomic E-state index is 13.4. The van der Waals surface area contributed by atoms with Crippen molar-refractivity contribution in [1.82, 2.24) is 9.38 Å². The number of aromatic nitrogens is 2. The molecule has 0 aliphatic heterocycles. The lowest BCUT2D eigenvalue weighted by Crippen LogP contribution is -2.07. The van der Waals surface area contributed by atoms with Gasteiger partial charge in [0.1, 0.15) is 22.2 Å². The number of benzene rings is 2. The van der Waals surface area contributed by atoms with Gasteiger partial charge in [0.2, 0.25) is 5.78 Å². The average Bonchev–Trinajstić information content (AvgIpc) is 3.45. The van der Waals surface area contributed by atoms with Gasteiger partial charge >= 0.3 is 0 Å².